The maximum absolute atomic E-state index is 12.7. The zero-order valence-corrected chi connectivity index (χ0v) is 15.4. The molecule has 1 fully saturated rings. The van der Waals surface area contributed by atoms with Crippen molar-refractivity contribution in [1.29, 1.82) is 5.26 Å². The van der Waals surface area contributed by atoms with Crippen molar-refractivity contribution >= 4 is 29.0 Å². The van der Waals surface area contributed by atoms with Gasteiger partial charge in [-0.1, -0.05) is 17.8 Å². The van der Waals surface area contributed by atoms with E-state index >= 15 is 0 Å². The van der Waals surface area contributed by atoms with Gasteiger partial charge in [-0.15, -0.1) is 11.3 Å². The second-order valence-electron chi connectivity index (χ2n) is 5.92. The SMILES string of the molecule is Cc1cc(C)c(C#N)c(SCC(=O)N2CCC[C@@H]2c2cccs2)n1. The van der Waals surface area contributed by atoms with Crippen LogP contribution in [0, 0.1) is 25.2 Å². The zero-order chi connectivity index (χ0) is 17.1. The molecule has 3 heterocycles. The van der Waals surface area contributed by atoms with Gasteiger partial charge in [-0.2, -0.15) is 5.26 Å². The van der Waals surface area contributed by atoms with Gasteiger partial charge in [0.15, 0.2) is 0 Å². The van der Waals surface area contributed by atoms with E-state index in [0.29, 0.717) is 16.3 Å². The van der Waals surface area contributed by atoms with Crippen molar-refractivity contribution in [2.75, 3.05) is 12.3 Å². The Morgan fingerprint density at radius 2 is 2.38 bits per heavy atom. The molecule has 0 unspecified atom stereocenters. The van der Waals surface area contributed by atoms with Gasteiger partial charge < -0.3 is 4.90 Å². The highest BCUT2D eigenvalue weighted by molar-refractivity contribution is 8.00. The number of aryl methyl sites for hydroxylation is 2. The number of amides is 1. The summed E-state index contributed by atoms with van der Waals surface area (Å²) in [5.41, 5.74) is 2.37. The number of hydrogen-bond donors (Lipinski definition) is 0. The second kappa shape index (κ2) is 7.37. The fraction of sp³-hybridized carbons (Fsp3) is 0.389. The molecule has 1 amide bonds. The monoisotopic (exact) mass is 357 g/mol. The van der Waals surface area contributed by atoms with E-state index in [0.717, 1.165) is 30.6 Å². The molecular weight excluding hydrogens is 338 g/mol. The third-order valence-electron chi connectivity index (χ3n) is 4.20. The third kappa shape index (κ3) is 3.47. The Morgan fingerprint density at radius 3 is 3.08 bits per heavy atom. The van der Waals surface area contributed by atoms with Crippen LogP contribution in [0.25, 0.3) is 0 Å². The molecule has 0 N–H and O–H groups in total. The zero-order valence-electron chi connectivity index (χ0n) is 13.8. The molecule has 0 radical (unpaired) electrons. The summed E-state index contributed by atoms with van der Waals surface area (Å²) < 4.78 is 0. The van der Waals surface area contributed by atoms with E-state index in [2.05, 4.69) is 22.5 Å². The van der Waals surface area contributed by atoms with Crippen LogP contribution in [0.2, 0.25) is 0 Å². The van der Waals surface area contributed by atoms with Gasteiger partial charge in [0.1, 0.15) is 11.1 Å². The molecule has 2 aromatic heterocycles. The summed E-state index contributed by atoms with van der Waals surface area (Å²) in [5.74, 6) is 0.452. The Balaban J connectivity index is 1.71. The number of likely N-dealkylation sites (tertiary alicyclic amines) is 1. The summed E-state index contributed by atoms with van der Waals surface area (Å²) in [6.07, 6.45) is 2.08. The van der Waals surface area contributed by atoms with Gasteiger partial charge in [-0.25, -0.2) is 4.98 Å². The number of carbonyl (C=O) groups excluding carboxylic acids is 1. The summed E-state index contributed by atoms with van der Waals surface area (Å²) in [4.78, 5) is 20.4. The van der Waals surface area contributed by atoms with Crippen LogP contribution in [0.15, 0.2) is 28.6 Å². The second-order valence-corrected chi connectivity index (χ2v) is 7.87. The molecule has 4 nitrogen and oxygen atoms in total. The minimum atomic E-state index is 0.126. The molecule has 1 atom stereocenters. The van der Waals surface area contributed by atoms with Crippen LogP contribution in [0.1, 0.15) is 40.6 Å². The van der Waals surface area contributed by atoms with E-state index in [1.165, 1.54) is 16.6 Å². The minimum Gasteiger partial charge on any atom is -0.334 e. The first-order valence-electron chi connectivity index (χ1n) is 7.94. The van der Waals surface area contributed by atoms with Crippen molar-refractivity contribution in [3.05, 3.63) is 45.3 Å². The van der Waals surface area contributed by atoms with Crippen LogP contribution < -0.4 is 0 Å². The summed E-state index contributed by atoms with van der Waals surface area (Å²) in [6, 6.07) is 8.46. The van der Waals surface area contributed by atoms with Crippen LogP contribution in [0.5, 0.6) is 0 Å². The molecule has 0 spiro atoms. The van der Waals surface area contributed by atoms with E-state index in [1.807, 2.05) is 30.9 Å². The molecule has 1 aliphatic rings. The van der Waals surface area contributed by atoms with Crippen LogP contribution >= 0.6 is 23.1 Å². The number of rotatable bonds is 4. The van der Waals surface area contributed by atoms with E-state index in [9.17, 15) is 10.1 Å². The predicted octanol–water partition coefficient (Wildman–Crippen LogP) is 4.09. The number of nitriles is 1. The molecule has 3 rings (SSSR count). The van der Waals surface area contributed by atoms with Crippen molar-refractivity contribution < 1.29 is 4.79 Å². The van der Waals surface area contributed by atoms with Gasteiger partial charge in [-0.05, 0) is 49.8 Å². The molecule has 0 saturated carbocycles. The Labute approximate surface area is 150 Å². The smallest absolute Gasteiger partial charge is 0.233 e. The lowest BCUT2D eigenvalue weighted by atomic mass is 10.1. The van der Waals surface area contributed by atoms with Gasteiger partial charge in [0.2, 0.25) is 5.91 Å². The number of thioether (sulfide) groups is 1. The van der Waals surface area contributed by atoms with E-state index in [1.54, 1.807) is 11.3 Å². The molecule has 1 saturated heterocycles. The Morgan fingerprint density at radius 1 is 1.54 bits per heavy atom. The first-order valence-corrected chi connectivity index (χ1v) is 9.80. The summed E-state index contributed by atoms with van der Waals surface area (Å²) >= 11 is 3.08. The third-order valence-corrected chi connectivity index (χ3v) is 6.13. The van der Waals surface area contributed by atoms with Crippen LogP contribution in [0.4, 0.5) is 0 Å². The lowest BCUT2D eigenvalue weighted by Gasteiger charge is -2.23. The highest BCUT2D eigenvalue weighted by Gasteiger charge is 2.30. The fourth-order valence-electron chi connectivity index (χ4n) is 3.10. The largest absolute Gasteiger partial charge is 0.334 e. The standard InChI is InChI=1S/C18H19N3OS2/c1-12-9-13(2)20-18(14(12)10-19)24-11-17(22)21-7-3-5-15(21)16-6-4-8-23-16/h4,6,8-9,15H,3,5,7,11H2,1-2H3/t15-/m1/s1. The van der Waals surface area contributed by atoms with Crippen LogP contribution in [0.3, 0.4) is 0 Å². The number of thiophene rings is 1. The highest BCUT2D eigenvalue weighted by Crippen LogP contribution is 2.35. The van der Waals surface area contributed by atoms with Crippen molar-refractivity contribution in [1.82, 2.24) is 9.88 Å². The molecular formula is C18H19N3OS2. The van der Waals surface area contributed by atoms with Gasteiger partial charge in [0.05, 0.1) is 17.4 Å². The number of aromatic nitrogens is 1. The van der Waals surface area contributed by atoms with Gasteiger partial charge in [0.25, 0.3) is 0 Å². The number of carbonyl (C=O) groups is 1. The number of hydrogen-bond acceptors (Lipinski definition) is 5. The molecule has 2 aromatic rings. The molecule has 0 aliphatic carbocycles. The normalized spacial score (nSPS) is 17.0. The summed E-state index contributed by atoms with van der Waals surface area (Å²) in [6.45, 7) is 4.63. The summed E-state index contributed by atoms with van der Waals surface area (Å²) in [5, 5.41) is 12.1. The topological polar surface area (TPSA) is 57.0 Å². The number of pyridine rings is 1. The van der Waals surface area contributed by atoms with Gasteiger partial charge in [-0.3, -0.25) is 4.79 Å². The van der Waals surface area contributed by atoms with Crippen LogP contribution in [-0.2, 0) is 4.79 Å². The summed E-state index contributed by atoms with van der Waals surface area (Å²) in [7, 11) is 0. The van der Waals surface area contributed by atoms with Crippen molar-refractivity contribution in [3.63, 3.8) is 0 Å². The molecule has 124 valence electrons. The number of nitrogens with zero attached hydrogens (tertiary/aromatic N) is 3. The van der Waals surface area contributed by atoms with Crippen molar-refractivity contribution in [2.45, 2.75) is 37.8 Å². The lowest BCUT2D eigenvalue weighted by Crippen LogP contribution is -2.31. The lowest BCUT2D eigenvalue weighted by molar-refractivity contribution is -0.129. The molecule has 24 heavy (non-hydrogen) atoms. The quantitative estimate of drug-likeness (QED) is 0.774. The molecule has 6 heteroatoms. The van der Waals surface area contributed by atoms with Gasteiger partial charge >= 0.3 is 0 Å². The molecule has 0 aromatic carbocycles. The van der Waals surface area contributed by atoms with E-state index < -0.39 is 0 Å². The van der Waals surface area contributed by atoms with Crippen molar-refractivity contribution in [2.24, 2.45) is 0 Å². The van der Waals surface area contributed by atoms with Gasteiger partial charge in [0, 0.05) is 17.1 Å². The average molecular weight is 358 g/mol. The Hall–Kier alpha value is -1.84. The van der Waals surface area contributed by atoms with Crippen molar-refractivity contribution in [3.8, 4) is 6.07 Å². The molecule has 0 bridgehead atoms. The first kappa shape index (κ1) is 17.0. The Bertz CT molecular complexity index is 780. The van der Waals surface area contributed by atoms with E-state index in [4.69, 9.17) is 0 Å². The van der Waals surface area contributed by atoms with Crippen LogP contribution in [-0.4, -0.2) is 28.1 Å². The maximum atomic E-state index is 12.7. The van der Waals surface area contributed by atoms with E-state index in [-0.39, 0.29) is 11.9 Å². The Kier molecular flexibility index (Phi) is 5.22. The average Bonchev–Trinajstić information content (AvgIpc) is 3.22. The maximum Gasteiger partial charge on any atom is 0.233 e. The molecule has 1 aliphatic heterocycles. The first-order chi connectivity index (χ1) is 11.6. The highest BCUT2D eigenvalue weighted by atomic mass is 32.2. The fourth-order valence-corrected chi connectivity index (χ4v) is 4.96. The predicted molar refractivity (Wildman–Crippen MR) is 97.2 cm³/mol. The minimum absolute atomic E-state index is 0.126.